The first-order valence-corrected chi connectivity index (χ1v) is 11.4. The van der Waals surface area contributed by atoms with E-state index in [1.165, 1.54) is 0 Å². The van der Waals surface area contributed by atoms with Crippen molar-refractivity contribution in [1.82, 2.24) is 14.8 Å². The Morgan fingerprint density at radius 1 is 1.19 bits per heavy atom. The molecule has 7 nitrogen and oxygen atoms in total. The van der Waals surface area contributed by atoms with Crippen LogP contribution < -0.4 is 10.1 Å². The van der Waals surface area contributed by atoms with Gasteiger partial charge in [-0.3, -0.25) is 9.69 Å². The lowest BCUT2D eigenvalue weighted by atomic mass is 10.1. The van der Waals surface area contributed by atoms with Gasteiger partial charge in [0.05, 0.1) is 31.9 Å². The van der Waals surface area contributed by atoms with Crippen molar-refractivity contribution in [3.05, 3.63) is 53.1 Å². The number of aryl methyl sites for hydroxylation is 1. The Morgan fingerprint density at radius 3 is 2.62 bits per heavy atom. The molecule has 2 aromatic heterocycles. The summed E-state index contributed by atoms with van der Waals surface area (Å²) in [6.07, 6.45) is 2.32. The second-order valence-corrected chi connectivity index (χ2v) is 8.77. The molecule has 0 bridgehead atoms. The number of furan rings is 1. The van der Waals surface area contributed by atoms with Crippen molar-refractivity contribution >= 4 is 16.8 Å². The van der Waals surface area contributed by atoms with Gasteiger partial charge in [0.25, 0.3) is 5.91 Å². The summed E-state index contributed by atoms with van der Waals surface area (Å²) >= 11 is 0. The zero-order valence-electron chi connectivity index (χ0n) is 19.0. The van der Waals surface area contributed by atoms with Gasteiger partial charge in [-0.25, -0.2) is 0 Å². The smallest absolute Gasteiger partial charge is 0.253 e. The number of amides is 1. The van der Waals surface area contributed by atoms with Crippen LogP contribution in [-0.2, 0) is 4.74 Å². The summed E-state index contributed by atoms with van der Waals surface area (Å²) in [5, 5.41) is 4.16. The number of hydrogen-bond acceptors (Lipinski definition) is 5. The molecule has 1 N–H and O–H groups in total. The highest BCUT2D eigenvalue weighted by atomic mass is 16.5. The molecule has 1 aliphatic carbocycles. The van der Waals surface area contributed by atoms with Gasteiger partial charge in [-0.05, 0) is 57.0 Å². The van der Waals surface area contributed by atoms with E-state index in [0.29, 0.717) is 25.8 Å². The van der Waals surface area contributed by atoms with Gasteiger partial charge < -0.3 is 23.8 Å². The zero-order chi connectivity index (χ0) is 22.2. The number of benzene rings is 1. The van der Waals surface area contributed by atoms with Crippen LogP contribution in [0.1, 0.15) is 52.5 Å². The molecule has 32 heavy (non-hydrogen) atoms. The Morgan fingerprint density at radius 2 is 1.97 bits per heavy atom. The molecule has 2 fully saturated rings. The van der Waals surface area contributed by atoms with Crippen LogP contribution in [0.25, 0.3) is 10.9 Å². The van der Waals surface area contributed by atoms with Crippen LogP contribution in [-0.4, -0.2) is 55.3 Å². The second kappa shape index (κ2) is 8.64. The topological polar surface area (TPSA) is 68.9 Å². The van der Waals surface area contributed by atoms with Crippen molar-refractivity contribution in [2.75, 3.05) is 40.0 Å². The number of methoxy groups -OCH3 is 1. The van der Waals surface area contributed by atoms with Crippen molar-refractivity contribution in [3.8, 4) is 5.75 Å². The molecule has 1 aliphatic heterocycles. The number of nitrogens with one attached hydrogen (secondary N) is 1. The van der Waals surface area contributed by atoms with Crippen LogP contribution in [0.15, 0.2) is 34.7 Å². The van der Waals surface area contributed by atoms with Crippen molar-refractivity contribution in [2.24, 2.45) is 0 Å². The average Bonchev–Trinajstić information content (AvgIpc) is 3.48. The molecule has 0 spiro atoms. The zero-order valence-corrected chi connectivity index (χ0v) is 19.0. The average molecular weight is 438 g/mol. The van der Waals surface area contributed by atoms with Gasteiger partial charge in [-0.2, -0.15) is 0 Å². The maximum atomic E-state index is 13.5. The summed E-state index contributed by atoms with van der Waals surface area (Å²) in [6.45, 7) is 7.49. The largest absolute Gasteiger partial charge is 0.497 e. The Labute approximate surface area is 188 Å². The molecule has 1 aromatic carbocycles. The van der Waals surface area contributed by atoms with E-state index in [1.807, 2.05) is 31.2 Å². The molecule has 2 aliphatic rings. The number of hydrogen-bond donors (Lipinski definition) is 1. The molecule has 1 saturated carbocycles. The van der Waals surface area contributed by atoms with E-state index >= 15 is 0 Å². The molecule has 1 unspecified atom stereocenters. The number of aromatic nitrogens is 1. The third kappa shape index (κ3) is 3.91. The van der Waals surface area contributed by atoms with Gasteiger partial charge in [0.1, 0.15) is 17.3 Å². The number of carbonyl (C=O) groups excluding carboxylic acids is 1. The number of ether oxygens (including phenoxy) is 2. The van der Waals surface area contributed by atoms with Crippen LogP contribution in [0, 0.1) is 13.8 Å². The molecule has 7 heteroatoms. The van der Waals surface area contributed by atoms with Gasteiger partial charge in [0, 0.05) is 42.3 Å². The molecule has 1 atom stereocenters. The number of rotatable bonds is 7. The summed E-state index contributed by atoms with van der Waals surface area (Å²) < 4.78 is 19.2. The maximum Gasteiger partial charge on any atom is 0.253 e. The Bertz CT molecular complexity index is 1120. The van der Waals surface area contributed by atoms with Gasteiger partial charge in [-0.15, -0.1) is 0 Å². The fourth-order valence-electron chi connectivity index (χ4n) is 4.85. The van der Waals surface area contributed by atoms with Crippen molar-refractivity contribution in [3.63, 3.8) is 0 Å². The second-order valence-electron chi connectivity index (χ2n) is 8.77. The minimum Gasteiger partial charge on any atom is -0.497 e. The predicted octanol–water partition coefficient (Wildman–Crippen LogP) is 4.00. The van der Waals surface area contributed by atoms with Crippen LogP contribution in [0.5, 0.6) is 5.75 Å². The third-order valence-electron chi connectivity index (χ3n) is 6.63. The number of fused-ring (bicyclic) bond motifs is 1. The van der Waals surface area contributed by atoms with E-state index in [1.54, 1.807) is 7.11 Å². The summed E-state index contributed by atoms with van der Waals surface area (Å²) in [4.78, 5) is 15.8. The van der Waals surface area contributed by atoms with E-state index in [2.05, 4.69) is 27.8 Å². The lowest BCUT2D eigenvalue weighted by molar-refractivity contribution is 0.0117. The summed E-state index contributed by atoms with van der Waals surface area (Å²) in [7, 11) is 1.66. The Hall–Kier alpha value is -2.77. The van der Waals surface area contributed by atoms with Crippen LogP contribution in [0.2, 0.25) is 0 Å². The van der Waals surface area contributed by atoms with Crippen molar-refractivity contribution < 1.29 is 18.7 Å². The lowest BCUT2D eigenvalue weighted by Crippen LogP contribution is -2.43. The molecular weight excluding hydrogens is 406 g/mol. The van der Waals surface area contributed by atoms with E-state index in [0.717, 1.165) is 65.4 Å². The SMILES string of the molecule is COc1ccc2c(c1)c(C(=O)NCC(c1ccc(C)o1)N1CCOCC1)c(C)n2C1CC1. The van der Waals surface area contributed by atoms with Crippen LogP contribution in [0.4, 0.5) is 0 Å². The highest BCUT2D eigenvalue weighted by Crippen LogP contribution is 2.42. The fourth-order valence-corrected chi connectivity index (χ4v) is 4.85. The highest BCUT2D eigenvalue weighted by Gasteiger charge is 2.31. The summed E-state index contributed by atoms with van der Waals surface area (Å²) in [6, 6.07) is 10.5. The molecule has 3 heterocycles. The molecule has 3 aromatic rings. The third-order valence-corrected chi connectivity index (χ3v) is 6.63. The van der Waals surface area contributed by atoms with E-state index in [-0.39, 0.29) is 11.9 Å². The van der Waals surface area contributed by atoms with E-state index in [4.69, 9.17) is 13.9 Å². The molecule has 1 saturated heterocycles. The fraction of sp³-hybridized carbons (Fsp3) is 0.480. The minimum atomic E-state index is -0.0540. The number of nitrogens with zero attached hydrogens (tertiary/aromatic N) is 2. The van der Waals surface area contributed by atoms with Crippen molar-refractivity contribution in [1.29, 1.82) is 0 Å². The van der Waals surface area contributed by atoms with Gasteiger partial charge >= 0.3 is 0 Å². The highest BCUT2D eigenvalue weighted by molar-refractivity contribution is 6.09. The molecular formula is C25H31N3O4. The van der Waals surface area contributed by atoms with Crippen molar-refractivity contribution in [2.45, 2.75) is 38.8 Å². The van der Waals surface area contributed by atoms with Gasteiger partial charge in [0.15, 0.2) is 0 Å². The quantitative estimate of drug-likeness (QED) is 0.605. The predicted molar refractivity (Wildman–Crippen MR) is 122 cm³/mol. The van der Waals surface area contributed by atoms with Gasteiger partial charge in [0.2, 0.25) is 0 Å². The maximum absolute atomic E-state index is 13.5. The lowest BCUT2D eigenvalue weighted by Gasteiger charge is -2.33. The van der Waals surface area contributed by atoms with Gasteiger partial charge in [-0.1, -0.05) is 0 Å². The van der Waals surface area contributed by atoms with E-state index < -0.39 is 0 Å². The first-order valence-electron chi connectivity index (χ1n) is 11.4. The molecule has 5 rings (SSSR count). The standard InChI is InChI=1S/C25H31N3O4/c1-16-4-9-23(32-16)22(27-10-12-31-13-11-27)15-26-25(29)24-17(2)28(18-5-6-18)21-8-7-19(30-3)14-20(21)24/h4,7-9,14,18,22H,5-6,10-13,15H2,1-3H3,(H,26,29). The van der Waals surface area contributed by atoms with Crippen LogP contribution in [0.3, 0.4) is 0 Å². The normalized spacial score (nSPS) is 18.1. The first kappa shape index (κ1) is 21.1. The molecule has 170 valence electrons. The molecule has 1 amide bonds. The Kier molecular flexibility index (Phi) is 5.69. The van der Waals surface area contributed by atoms with E-state index in [9.17, 15) is 4.79 Å². The number of morpholine rings is 1. The summed E-state index contributed by atoms with van der Waals surface area (Å²) in [5.41, 5.74) is 2.86. The summed E-state index contributed by atoms with van der Waals surface area (Å²) in [5.74, 6) is 2.46. The minimum absolute atomic E-state index is 0.0248. The number of carbonyl (C=O) groups is 1. The molecule has 0 radical (unpaired) electrons. The monoisotopic (exact) mass is 437 g/mol. The Balaban J connectivity index is 1.44. The first-order chi connectivity index (χ1) is 15.6. The van der Waals surface area contributed by atoms with Crippen LogP contribution >= 0.6 is 0 Å².